The molecule has 0 aliphatic heterocycles. The number of rotatable bonds is 13. The molecule has 0 atom stereocenters. The molecule has 0 unspecified atom stereocenters. The summed E-state index contributed by atoms with van der Waals surface area (Å²) in [5.41, 5.74) is 0.662. The van der Waals surface area contributed by atoms with Gasteiger partial charge < -0.3 is 14.2 Å². The minimum absolute atomic E-state index is 0.0916. The van der Waals surface area contributed by atoms with Crippen molar-refractivity contribution in [2.75, 3.05) is 21.3 Å². The Morgan fingerprint density at radius 3 is 1.82 bits per heavy atom. The Balaban J connectivity index is 1.47. The number of nitrogens with zero attached hydrogens (tertiary/aromatic N) is 6. The van der Waals surface area contributed by atoms with Crippen LogP contribution in [0.15, 0.2) is 126 Å². The lowest BCUT2D eigenvalue weighted by atomic mass is 9.93. The number of hydrogen-bond acceptors (Lipinski definition) is 9. The zero-order valence-electron chi connectivity index (χ0n) is 30.4. The average Bonchev–Trinajstić information content (AvgIpc) is 3.68. The lowest BCUT2D eigenvalue weighted by Crippen LogP contribution is -2.32. The molecule has 0 aliphatic rings. The third-order valence-corrected chi connectivity index (χ3v) is 11.1. The highest BCUT2D eigenvalue weighted by atomic mass is 32.2. The topological polar surface area (TPSA) is 122 Å². The van der Waals surface area contributed by atoms with E-state index in [0.29, 0.717) is 44.7 Å². The summed E-state index contributed by atoms with van der Waals surface area (Å²) in [6, 6.07) is 29.3. The van der Waals surface area contributed by atoms with E-state index in [2.05, 4.69) is 20.4 Å². The number of alkyl halides is 3. The first kappa shape index (κ1) is 38.0. The Morgan fingerprint density at radius 1 is 0.696 bits per heavy atom. The summed E-state index contributed by atoms with van der Waals surface area (Å²) < 4.78 is 93.4. The molecule has 0 aliphatic carbocycles. The highest BCUT2D eigenvalue weighted by molar-refractivity contribution is 7.89. The lowest BCUT2D eigenvalue weighted by molar-refractivity contribution is -0.139. The van der Waals surface area contributed by atoms with Gasteiger partial charge in [-0.15, -0.1) is 10.2 Å². The van der Waals surface area contributed by atoms with Gasteiger partial charge in [-0.25, -0.2) is 8.42 Å². The number of tetrazole rings is 1. The van der Waals surface area contributed by atoms with E-state index in [1.54, 1.807) is 110 Å². The number of sulfonamides is 1. The van der Waals surface area contributed by atoms with E-state index in [-0.39, 0.29) is 36.6 Å². The summed E-state index contributed by atoms with van der Waals surface area (Å²) in [6.45, 7) is -0.470. The van der Waals surface area contributed by atoms with Crippen LogP contribution >= 0.6 is 0 Å². The fourth-order valence-electron chi connectivity index (χ4n) is 6.41. The normalized spacial score (nSPS) is 11.9. The van der Waals surface area contributed by atoms with Gasteiger partial charge in [0.1, 0.15) is 22.1 Å². The maximum Gasteiger partial charge on any atom is 0.417 e. The van der Waals surface area contributed by atoms with Gasteiger partial charge in [0.05, 0.1) is 39.0 Å². The van der Waals surface area contributed by atoms with Crippen molar-refractivity contribution in [2.24, 2.45) is 0 Å². The van der Waals surface area contributed by atoms with Gasteiger partial charge in [0.2, 0.25) is 15.8 Å². The van der Waals surface area contributed by atoms with Gasteiger partial charge in [0.15, 0.2) is 0 Å². The van der Waals surface area contributed by atoms with Crippen molar-refractivity contribution in [1.29, 1.82) is 0 Å². The van der Waals surface area contributed by atoms with Gasteiger partial charge in [-0.05, 0) is 86.9 Å². The van der Waals surface area contributed by atoms with E-state index < -0.39 is 26.7 Å². The first-order valence-electron chi connectivity index (χ1n) is 17.2. The summed E-state index contributed by atoms with van der Waals surface area (Å²) in [7, 11) is -0.521. The Hall–Kier alpha value is -6.32. The van der Waals surface area contributed by atoms with Gasteiger partial charge in [-0.3, -0.25) is 4.98 Å². The van der Waals surface area contributed by atoms with Gasteiger partial charge in [0, 0.05) is 30.9 Å². The zero-order valence-corrected chi connectivity index (χ0v) is 31.3. The molecule has 0 saturated carbocycles. The molecule has 0 fully saturated rings. The van der Waals surface area contributed by atoms with Crippen molar-refractivity contribution in [3.63, 3.8) is 0 Å². The summed E-state index contributed by atoms with van der Waals surface area (Å²) in [6.07, 6.45) is -1.93. The fourth-order valence-corrected chi connectivity index (χ4v) is 8.22. The molecule has 0 spiro atoms. The predicted molar refractivity (Wildman–Crippen MR) is 204 cm³/mol. The number of benzene rings is 5. The van der Waals surface area contributed by atoms with Crippen LogP contribution in [0.5, 0.6) is 17.2 Å². The van der Waals surface area contributed by atoms with Crippen LogP contribution in [0.25, 0.3) is 33.3 Å². The van der Waals surface area contributed by atoms with Gasteiger partial charge in [-0.2, -0.15) is 22.3 Å². The minimum Gasteiger partial charge on any atom is -0.497 e. The molecular weight excluding hydrogens is 746 g/mol. The van der Waals surface area contributed by atoms with Crippen LogP contribution in [0.1, 0.15) is 22.3 Å². The van der Waals surface area contributed by atoms with Crippen LogP contribution in [0.2, 0.25) is 0 Å². The highest BCUT2D eigenvalue weighted by Gasteiger charge is 2.43. The number of halogens is 3. The Labute approximate surface area is 321 Å². The first-order valence-corrected chi connectivity index (χ1v) is 18.7. The summed E-state index contributed by atoms with van der Waals surface area (Å²) in [4.78, 5) is 4.40. The Kier molecular flexibility index (Phi) is 10.7. The van der Waals surface area contributed by atoms with Crippen molar-refractivity contribution in [1.82, 2.24) is 29.5 Å². The van der Waals surface area contributed by atoms with E-state index in [1.807, 2.05) is 6.07 Å². The maximum absolute atomic E-state index is 15.3. The molecule has 11 nitrogen and oxygen atoms in total. The number of aromatic nitrogens is 5. The molecule has 7 rings (SSSR count). The molecule has 2 aromatic heterocycles. The van der Waals surface area contributed by atoms with Gasteiger partial charge in [-0.1, -0.05) is 60.7 Å². The largest absolute Gasteiger partial charge is 0.497 e. The Morgan fingerprint density at radius 2 is 1.27 bits per heavy atom. The molecule has 0 saturated heterocycles. The third-order valence-electron chi connectivity index (χ3n) is 9.23. The molecule has 2 heterocycles. The Bertz CT molecular complexity index is 2530. The number of ether oxygens (including phenoxy) is 3. The highest BCUT2D eigenvalue weighted by Crippen LogP contribution is 2.46. The second-order valence-corrected chi connectivity index (χ2v) is 14.6. The SMILES string of the molecule is COc1ccc(CN(Cc2ccc(OC)cc2)S(=O)(=O)c2c(C(F)(F)F)ccc(-c3cccc4cnccc34)c2-c2nnn(Cc3ccc(OC)cc3)n2)cc1. The number of pyridine rings is 1. The van der Waals surface area contributed by atoms with Crippen LogP contribution in [0.4, 0.5) is 13.2 Å². The van der Waals surface area contributed by atoms with E-state index in [9.17, 15) is 0 Å². The lowest BCUT2D eigenvalue weighted by Gasteiger charge is -2.27. The van der Waals surface area contributed by atoms with Crippen molar-refractivity contribution in [3.05, 3.63) is 144 Å². The first-order chi connectivity index (χ1) is 27.0. The van der Waals surface area contributed by atoms with Crippen molar-refractivity contribution in [2.45, 2.75) is 30.7 Å². The summed E-state index contributed by atoms with van der Waals surface area (Å²) in [5.74, 6) is 1.38. The van der Waals surface area contributed by atoms with Crippen molar-refractivity contribution >= 4 is 20.8 Å². The van der Waals surface area contributed by atoms with E-state index in [4.69, 9.17) is 14.2 Å². The molecule has 0 amide bonds. The number of methoxy groups -OCH3 is 3. The van der Waals surface area contributed by atoms with Crippen LogP contribution in [0, 0.1) is 0 Å². The second-order valence-electron chi connectivity index (χ2n) is 12.7. The molecular formula is C41H35F3N6O5S. The molecule has 7 aromatic rings. The van der Waals surface area contributed by atoms with E-state index >= 15 is 21.6 Å². The number of hydrogen-bond donors (Lipinski definition) is 0. The molecule has 56 heavy (non-hydrogen) atoms. The van der Waals surface area contributed by atoms with Crippen LogP contribution in [-0.2, 0) is 35.8 Å². The quantitative estimate of drug-likeness (QED) is 0.115. The zero-order chi connectivity index (χ0) is 39.5. The van der Waals surface area contributed by atoms with E-state index in [1.165, 1.54) is 25.1 Å². The number of fused-ring (bicyclic) bond motifs is 1. The van der Waals surface area contributed by atoms with Gasteiger partial charge >= 0.3 is 6.18 Å². The molecule has 5 aromatic carbocycles. The molecule has 0 radical (unpaired) electrons. The summed E-state index contributed by atoms with van der Waals surface area (Å²) >= 11 is 0. The minimum atomic E-state index is -5.11. The third kappa shape index (κ3) is 7.90. The van der Waals surface area contributed by atoms with Crippen LogP contribution in [-0.4, -0.2) is 59.2 Å². The fraction of sp³-hybridized carbons (Fsp3) is 0.171. The smallest absolute Gasteiger partial charge is 0.417 e. The molecule has 15 heteroatoms. The monoisotopic (exact) mass is 780 g/mol. The second kappa shape index (κ2) is 15.8. The van der Waals surface area contributed by atoms with Crippen LogP contribution < -0.4 is 14.2 Å². The molecule has 0 bridgehead atoms. The maximum atomic E-state index is 15.3. The van der Waals surface area contributed by atoms with Crippen LogP contribution in [0.3, 0.4) is 0 Å². The van der Waals surface area contributed by atoms with E-state index in [0.717, 1.165) is 15.9 Å². The summed E-state index contributed by atoms with van der Waals surface area (Å²) in [5, 5.41) is 14.2. The van der Waals surface area contributed by atoms with Crippen molar-refractivity contribution < 1.29 is 35.8 Å². The van der Waals surface area contributed by atoms with Gasteiger partial charge in [0.25, 0.3) is 0 Å². The molecule has 0 N–H and O–H groups in total. The predicted octanol–water partition coefficient (Wildman–Crippen LogP) is 8.04. The standard InChI is InChI=1S/C41H35F3N6O5S/c1-53-31-13-7-27(8-14-31)24-49(25-28-9-15-32(54-2)16-10-28)56(51,52)39-37(41(42,43)44)20-19-36(35-6-4-5-30-23-45-22-21-34(30)35)38(39)40-46-48-50(47-40)26-29-11-17-33(55-3)18-12-29/h4-23H,24-26H2,1-3H3. The molecule has 286 valence electrons. The van der Waals surface area contributed by atoms with Crippen molar-refractivity contribution in [3.8, 4) is 39.8 Å². The average molecular weight is 781 g/mol.